The standard InChI is InChI=1S/C15H22BrN/c1-4-6-7-8-15(17-5-2)13-9-12(3)10-14(16)11-13/h4,9-11,15,17H,1,5-8H2,2-3H3. The van der Waals surface area contributed by atoms with Gasteiger partial charge < -0.3 is 5.32 Å². The van der Waals surface area contributed by atoms with E-state index >= 15 is 0 Å². The lowest BCUT2D eigenvalue weighted by Crippen LogP contribution is -2.20. The van der Waals surface area contributed by atoms with Crippen molar-refractivity contribution in [3.63, 3.8) is 0 Å². The van der Waals surface area contributed by atoms with Gasteiger partial charge in [0.05, 0.1) is 0 Å². The number of nitrogens with one attached hydrogen (secondary N) is 1. The minimum Gasteiger partial charge on any atom is -0.310 e. The van der Waals surface area contributed by atoms with Crippen LogP contribution >= 0.6 is 15.9 Å². The van der Waals surface area contributed by atoms with E-state index in [4.69, 9.17) is 0 Å². The van der Waals surface area contributed by atoms with Gasteiger partial charge in [-0.15, -0.1) is 6.58 Å². The van der Waals surface area contributed by atoms with E-state index in [1.165, 1.54) is 22.0 Å². The van der Waals surface area contributed by atoms with Crippen LogP contribution in [-0.2, 0) is 0 Å². The van der Waals surface area contributed by atoms with E-state index in [0.717, 1.165) is 19.4 Å². The van der Waals surface area contributed by atoms with E-state index < -0.39 is 0 Å². The van der Waals surface area contributed by atoms with Gasteiger partial charge in [0.15, 0.2) is 0 Å². The minimum absolute atomic E-state index is 0.455. The summed E-state index contributed by atoms with van der Waals surface area (Å²) in [5, 5.41) is 3.56. The van der Waals surface area contributed by atoms with E-state index in [1.54, 1.807) is 0 Å². The molecule has 0 radical (unpaired) electrons. The molecule has 0 amide bonds. The fourth-order valence-corrected chi connectivity index (χ4v) is 2.69. The summed E-state index contributed by atoms with van der Waals surface area (Å²) in [6, 6.07) is 7.09. The summed E-state index contributed by atoms with van der Waals surface area (Å²) in [5.74, 6) is 0. The molecule has 1 nitrogen and oxygen atoms in total. The Bertz CT molecular complexity index is 340. The highest BCUT2D eigenvalue weighted by Crippen LogP contribution is 2.24. The SMILES string of the molecule is C=CCCCC(NCC)c1cc(C)cc(Br)c1. The van der Waals surface area contributed by atoms with Gasteiger partial charge >= 0.3 is 0 Å². The third kappa shape index (κ3) is 5.05. The number of unbranched alkanes of at least 4 members (excludes halogenated alkanes) is 1. The second kappa shape index (κ2) is 7.67. The smallest absolute Gasteiger partial charge is 0.0320 e. The Morgan fingerprint density at radius 3 is 2.76 bits per heavy atom. The van der Waals surface area contributed by atoms with Crippen LogP contribution in [0.1, 0.15) is 43.4 Å². The van der Waals surface area contributed by atoms with Crippen LogP contribution in [-0.4, -0.2) is 6.54 Å². The summed E-state index contributed by atoms with van der Waals surface area (Å²) in [5.41, 5.74) is 2.68. The Balaban J connectivity index is 2.76. The number of hydrogen-bond acceptors (Lipinski definition) is 1. The van der Waals surface area contributed by atoms with Crippen molar-refractivity contribution in [2.75, 3.05) is 6.54 Å². The van der Waals surface area contributed by atoms with E-state index in [2.05, 4.69) is 59.9 Å². The molecule has 1 aromatic carbocycles. The molecule has 1 N–H and O–H groups in total. The summed E-state index contributed by atoms with van der Waals surface area (Å²) in [6.07, 6.45) is 5.44. The van der Waals surface area contributed by atoms with E-state index in [0.29, 0.717) is 6.04 Å². The maximum absolute atomic E-state index is 3.78. The summed E-state index contributed by atoms with van der Waals surface area (Å²) in [6.45, 7) is 9.08. The molecule has 1 atom stereocenters. The van der Waals surface area contributed by atoms with Crippen LogP contribution in [0.4, 0.5) is 0 Å². The van der Waals surface area contributed by atoms with Crippen LogP contribution in [0.5, 0.6) is 0 Å². The number of halogens is 1. The van der Waals surface area contributed by atoms with Crippen molar-refractivity contribution in [2.45, 2.75) is 39.2 Å². The van der Waals surface area contributed by atoms with Gasteiger partial charge in [0.1, 0.15) is 0 Å². The third-order valence-electron chi connectivity index (χ3n) is 2.82. The fourth-order valence-electron chi connectivity index (χ4n) is 2.07. The van der Waals surface area contributed by atoms with Gasteiger partial charge in [0.25, 0.3) is 0 Å². The lowest BCUT2D eigenvalue weighted by atomic mass is 9.99. The van der Waals surface area contributed by atoms with Crippen molar-refractivity contribution < 1.29 is 0 Å². The summed E-state index contributed by atoms with van der Waals surface area (Å²) >= 11 is 3.57. The number of aryl methyl sites for hydroxylation is 1. The molecule has 1 rings (SSSR count). The average molecular weight is 296 g/mol. The monoisotopic (exact) mass is 295 g/mol. The zero-order valence-corrected chi connectivity index (χ0v) is 12.4. The van der Waals surface area contributed by atoms with Crippen LogP contribution < -0.4 is 5.32 Å². The Hall–Kier alpha value is -0.600. The Kier molecular flexibility index (Phi) is 6.53. The molecule has 0 bridgehead atoms. The maximum Gasteiger partial charge on any atom is 0.0320 e. The first-order valence-electron chi connectivity index (χ1n) is 6.28. The zero-order chi connectivity index (χ0) is 12.7. The molecule has 1 aromatic rings. The lowest BCUT2D eigenvalue weighted by molar-refractivity contribution is 0.500. The number of hydrogen-bond donors (Lipinski definition) is 1. The minimum atomic E-state index is 0.455. The highest BCUT2D eigenvalue weighted by Gasteiger charge is 2.10. The van der Waals surface area contributed by atoms with Gasteiger partial charge in [-0.1, -0.05) is 35.0 Å². The lowest BCUT2D eigenvalue weighted by Gasteiger charge is -2.19. The molecule has 0 saturated heterocycles. The van der Waals surface area contributed by atoms with E-state index in [-0.39, 0.29) is 0 Å². The molecule has 0 saturated carbocycles. The van der Waals surface area contributed by atoms with E-state index in [9.17, 15) is 0 Å². The summed E-state index contributed by atoms with van der Waals surface area (Å²) in [7, 11) is 0. The number of benzene rings is 1. The predicted octanol–water partition coefficient (Wildman–Crippen LogP) is 4.76. The molecule has 0 aliphatic heterocycles. The fraction of sp³-hybridized carbons (Fsp3) is 0.467. The molecule has 0 spiro atoms. The molecule has 0 aliphatic carbocycles. The van der Waals surface area contributed by atoms with Crippen LogP contribution in [0.2, 0.25) is 0 Å². The maximum atomic E-state index is 3.78. The second-order valence-electron chi connectivity index (χ2n) is 4.39. The predicted molar refractivity (Wildman–Crippen MR) is 79.3 cm³/mol. The van der Waals surface area contributed by atoms with Crippen molar-refractivity contribution >= 4 is 15.9 Å². The van der Waals surface area contributed by atoms with Crippen LogP contribution in [0.25, 0.3) is 0 Å². The number of allylic oxidation sites excluding steroid dienone is 1. The van der Waals surface area contributed by atoms with E-state index in [1.807, 2.05) is 6.08 Å². The van der Waals surface area contributed by atoms with Crippen molar-refractivity contribution in [3.8, 4) is 0 Å². The quantitative estimate of drug-likeness (QED) is 0.565. The molecular formula is C15H22BrN. The number of rotatable bonds is 7. The normalized spacial score (nSPS) is 12.4. The first-order valence-corrected chi connectivity index (χ1v) is 7.08. The molecule has 94 valence electrons. The summed E-state index contributed by atoms with van der Waals surface area (Å²) in [4.78, 5) is 0. The van der Waals surface area contributed by atoms with Crippen LogP contribution in [0.3, 0.4) is 0 Å². The van der Waals surface area contributed by atoms with Gasteiger partial charge in [-0.3, -0.25) is 0 Å². The van der Waals surface area contributed by atoms with Crippen LogP contribution in [0, 0.1) is 6.92 Å². The molecule has 0 aromatic heterocycles. The first kappa shape index (κ1) is 14.5. The van der Waals surface area contributed by atoms with Gasteiger partial charge in [0, 0.05) is 10.5 Å². The molecule has 0 heterocycles. The Labute approximate surface area is 113 Å². The largest absolute Gasteiger partial charge is 0.310 e. The van der Waals surface area contributed by atoms with Gasteiger partial charge in [-0.25, -0.2) is 0 Å². The second-order valence-corrected chi connectivity index (χ2v) is 5.31. The van der Waals surface area contributed by atoms with Gasteiger partial charge in [0.2, 0.25) is 0 Å². The van der Waals surface area contributed by atoms with Crippen molar-refractivity contribution in [3.05, 3.63) is 46.5 Å². The zero-order valence-electron chi connectivity index (χ0n) is 10.8. The molecule has 1 unspecified atom stereocenters. The highest BCUT2D eigenvalue weighted by molar-refractivity contribution is 9.10. The molecule has 2 heteroatoms. The first-order chi connectivity index (χ1) is 8.17. The molecular weight excluding hydrogens is 274 g/mol. The summed E-state index contributed by atoms with van der Waals surface area (Å²) < 4.78 is 1.17. The van der Waals surface area contributed by atoms with Gasteiger partial charge in [-0.2, -0.15) is 0 Å². The van der Waals surface area contributed by atoms with Crippen molar-refractivity contribution in [2.24, 2.45) is 0 Å². The topological polar surface area (TPSA) is 12.0 Å². The third-order valence-corrected chi connectivity index (χ3v) is 3.28. The average Bonchev–Trinajstić information content (AvgIpc) is 2.27. The highest BCUT2D eigenvalue weighted by atomic mass is 79.9. The Morgan fingerprint density at radius 1 is 1.41 bits per heavy atom. The van der Waals surface area contributed by atoms with Crippen molar-refractivity contribution in [1.29, 1.82) is 0 Å². The van der Waals surface area contributed by atoms with Gasteiger partial charge in [-0.05, 0) is 56.0 Å². The van der Waals surface area contributed by atoms with Crippen LogP contribution in [0.15, 0.2) is 35.3 Å². The van der Waals surface area contributed by atoms with Crippen molar-refractivity contribution in [1.82, 2.24) is 5.32 Å². The molecule has 0 aliphatic rings. The Morgan fingerprint density at radius 2 is 2.18 bits per heavy atom. The molecule has 17 heavy (non-hydrogen) atoms. The molecule has 0 fully saturated rings.